The first-order valence-electron chi connectivity index (χ1n) is 8.99. The Morgan fingerprint density at radius 2 is 2.23 bits per heavy atom. The first kappa shape index (κ1) is 16.6. The predicted molar refractivity (Wildman–Crippen MR) is 97.5 cm³/mol. The number of methoxy groups -OCH3 is 1. The number of carbonyl (C=O) groups excluding carboxylic acids is 2. The minimum atomic E-state index is -0.191. The third kappa shape index (κ3) is 2.94. The topological polar surface area (TPSA) is 87.3 Å². The standard InChI is InChI=1S/C19H22N4O3/c1-26-17-10-12(7-8-16(17)23-9-3-6-18(23)24)21-19(25)13-4-2-5-15-14(13)11-20-22-15/h7-8,10-11,13H,2-6,9H2,1H3,(H,20,22)(H,21,25). The van der Waals surface area contributed by atoms with Crippen LogP contribution in [0.5, 0.6) is 5.75 Å². The normalized spacial score (nSPS) is 19.3. The molecule has 1 unspecified atom stereocenters. The van der Waals surface area contributed by atoms with E-state index in [1.807, 2.05) is 12.1 Å². The maximum atomic E-state index is 12.8. The fourth-order valence-electron chi connectivity index (χ4n) is 3.84. The summed E-state index contributed by atoms with van der Waals surface area (Å²) in [6.45, 7) is 0.701. The van der Waals surface area contributed by atoms with Crippen LogP contribution in [0.2, 0.25) is 0 Å². The summed E-state index contributed by atoms with van der Waals surface area (Å²) < 4.78 is 5.46. The molecule has 7 heteroatoms. The molecular formula is C19H22N4O3. The monoisotopic (exact) mass is 354 g/mol. The quantitative estimate of drug-likeness (QED) is 0.883. The second kappa shape index (κ2) is 6.82. The summed E-state index contributed by atoms with van der Waals surface area (Å²) in [6.07, 6.45) is 5.89. The minimum absolute atomic E-state index is 0.0422. The molecule has 2 aliphatic rings. The van der Waals surface area contributed by atoms with Gasteiger partial charge in [0, 0.05) is 36.0 Å². The molecule has 0 bridgehead atoms. The van der Waals surface area contributed by atoms with Gasteiger partial charge in [-0.1, -0.05) is 0 Å². The number of amides is 2. The molecule has 1 saturated heterocycles. The molecule has 26 heavy (non-hydrogen) atoms. The number of aromatic nitrogens is 2. The summed E-state index contributed by atoms with van der Waals surface area (Å²) in [5.74, 6) is 0.461. The molecule has 1 atom stereocenters. The SMILES string of the molecule is COc1cc(NC(=O)C2CCCc3[nH]ncc32)ccc1N1CCCC1=O. The smallest absolute Gasteiger partial charge is 0.232 e. The lowest BCUT2D eigenvalue weighted by Gasteiger charge is -2.22. The number of nitrogens with one attached hydrogen (secondary N) is 2. The Kier molecular flexibility index (Phi) is 4.36. The van der Waals surface area contributed by atoms with Crippen molar-refractivity contribution in [2.45, 2.75) is 38.0 Å². The second-order valence-electron chi connectivity index (χ2n) is 6.77. The van der Waals surface area contributed by atoms with E-state index < -0.39 is 0 Å². The lowest BCUT2D eigenvalue weighted by Crippen LogP contribution is -2.25. The van der Waals surface area contributed by atoms with Gasteiger partial charge in [0.05, 0.1) is 24.9 Å². The Hall–Kier alpha value is -2.83. The summed E-state index contributed by atoms with van der Waals surface area (Å²) in [5.41, 5.74) is 3.46. The van der Waals surface area contributed by atoms with Gasteiger partial charge in [-0.05, 0) is 37.8 Å². The molecule has 0 radical (unpaired) electrons. The Labute approximate surface area is 151 Å². The van der Waals surface area contributed by atoms with Crippen LogP contribution >= 0.6 is 0 Å². The Balaban J connectivity index is 1.54. The number of aromatic amines is 1. The molecule has 136 valence electrons. The largest absolute Gasteiger partial charge is 0.494 e. The fraction of sp³-hybridized carbons (Fsp3) is 0.421. The molecule has 0 saturated carbocycles. The van der Waals surface area contributed by atoms with Crippen LogP contribution in [0.15, 0.2) is 24.4 Å². The van der Waals surface area contributed by atoms with E-state index in [4.69, 9.17) is 4.74 Å². The van der Waals surface area contributed by atoms with Gasteiger partial charge in [0.25, 0.3) is 0 Å². The molecule has 2 amide bonds. The number of H-pyrrole nitrogens is 1. The van der Waals surface area contributed by atoms with Gasteiger partial charge in [0.2, 0.25) is 11.8 Å². The molecule has 1 aromatic carbocycles. The maximum absolute atomic E-state index is 12.8. The summed E-state index contributed by atoms with van der Waals surface area (Å²) in [5, 5.41) is 10.0. The van der Waals surface area contributed by atoms with Crippen molar-refractivity contribution in [3.05, 3.63) is 35.7 Å². The van der Waals surface area contributed by atoms with Crippen molar-refractivity contribution in [3.8, 4) is 5.75 Å². The van der Waals surface area contributed by atoms with Crippen molar-refractivity contribution in [3.63, 3.8) is 0 Å². The number of hydrogen-bond acceptors (Lipinski definition) is 4. The molecule has 2 aromatic rings. The number of rotatable bonds is 4. The third-order valence-electron chi connectivity index (χ3n) is 5.17. The van der Waals surface area contributed by atoms with E-state index in [0.717, 1.165) is 42.6 Å². The van der Waals surface area contributed by atoms with Gasteiger partial charge in [-0.15, -0.1) is 0 Å². The summed E-state index contributed by atoms with van der Waals surface area (Å²) >= 11 is 0. The van der Waals surface area contributed by atoms with Crippen molar-refractivity contribution in [1.29, 1.82) is 0 Å². The Bertz CT molecular complexity index is 845. The lowest BCUT2D eigenvalue weighted by atomic mass is 9.86. The molecule has 1 fully saturated rings. The number of hydrogen-bond donors (Lipinski definition) is 2. The van der Waals surface area contributed by atoms with E-state index >= 15 is 0 Å². The minimum Gasteiger partial charge on any atom is -0.494 e. The van der Waals surface area contributed by atoms with Crippen LogP contribution in [0, 0.1) is 0 Å². The van der Waals surface area contributed by atoms with E-state index in [0.29, 0.717) is 24.4 Å². The maximum Gasteiger partial charge on any atom is 0.232 e. The third-order valence-corrected chi connectivity index (χ3v) is 5.17. The first-order chi connectivity index (χ1) is 12.7. The van der Waals surface area contributed by atoms with E-state index in [1.165, 1.54) is 0 Å². The summed E-state index contributed by atoms with van der Waals surface area (Å²) in [7, 11) is 1.57. The molecular weight excluding hydrogens is 332 g/mol. The van der Waals surface area contributed by atoms with Crippen molar-refractivity contribution in [1.82, 2.24) is 10.2 Å². The molecule has 4 rings (SSSR count). The molecule has 2 heterocycles. The second-order valence-corrected chi connectivity index (χ2v) is 6.77. The van der Waals surface area contributed by atoms with Crippen LogP contribution in [0.3, 0.4) is 0 Å². The number of aryl methyl sites for hydroxylation is 1. The fourth-order valence-corrected chi connectivity index (χ4v) is 3.84. The zero-order valence-electron chi connectivity index (χ0n) is 14.7. The number of ether oxygens (including phenoxy) is 1. The molecule has 0 spiro atoms. The van der Waals surface area contributed by atoms with Gasteiger partial charge in [-0.2, -0.15) is 5.10 Å². The summed E-state index contributed by atoms with van der Waals surface area (Å²) in [6, 6.07) is 5.43. The Morgan fingerprint density at radius 1 is 1.35 bits per heavy atom. The summed E-state index contributed by atoms with van der Waals surface area (Å²) in [4.78, 5) is 26.5. The van der Waals surface area contributed by atoms with Crippen LogP contribution in [0.25, 0.3) is 0 Å². The van der Waals surface area contributed by atoms with Gasteiger partial charge < -0.3 is 15.0 Å². The lowest BCUT2D eigenvalue weighted by molar-refractivity contribution is -0.118. The number of fused-ring (bicyclic) bond motifs is 1. The zero-order valence-corrected chi connectivity index (χ0v) is 14.7. The molecule has 7 nitrogen and oxygen atoms in total. The average Bonchev–Trinajstić information content (AvgIpc) is 3.30. The highest BCUT2D eigenvalue weighted by atomic mass is 16.5. The number of anilines is 2. The van der Waals surface area contributed by atoms with Crippen LogP contribution in [-0.2, 0) is 16.0 Å². The molecule has 1 aliphatic carbocycles. The van der Waals surface area contributed by atoms with Gasteiger partial charge >= 0.3 is 0 Å². The van der Waals surface area contributed by atoms with Crippen molar-refractivity contribution in [2.24, 2.45) is 0 Å². The average molecular weight is 354 g/mol. The van der Waals surface area contributed by atoms with Crippen molar-refractivity contribution >= 4 is 23.2 Å². The molecule has 1 aromatic heterocycles. The van der Waals surface area contributed by atoms with E-state index in [9.17, 15) is 9.59 Å². The predicted octanol–water partition coefficient (Wildman–Crippen LogP) is 2.60. The van der Waals surface area contributed by atoms with Gasteiger partial charge in [0.1, 0.15) is 5.75 Å². The van der Waals surface area contributed by atoms with Crippen molar-refractivity contribution in [2.75, 3.05) is 23.9 Å². The van der Waals surface area contributed by atoms with Gasteiger partial charge in [0.15, 0.2) is 0 Å². The first-order valence-corrected chi connectivity index (χ1v) is 8.99. The van der Waals surface area contributed by atoms with Gasteiger partial charge in [-0.25, -0.2) is 0 Å². The molecule has 1 aliphatic heterocycles. The highest BCUT2D eigenvalue weighted by Gasteiger charge is 2.29. The molecule has 2 N–H and O–H groups in total. The highest BCUT2D eigenvalue weighted by molar-refractivity contribution is 5.99. The van der Waals surface area contributed by atoms with E-state index in [2.05, 4.69) is 15.5 Å². The van der Waals surface area contributed by atoms with Crippen LogP contribution in [-0.4, -0.2) is 35.7 Å². The number of carbonyl (C=O) groups is 2. The van der Waals surface area contributed by atoms with Crippen LogP contribution in [0.1, 0.15) is 42.9 Å². The number of benzene rings is 1. The van der Waals surface area contributed by atoms with E-state index in [1.54, 1.807) is 24.3 Å². The van der Waals surface area contributed by atoms with E-state index in [-0.39, 0.29) is 17.7 Å². The van der Waals surface area contributed by atoms with Crippen molar-refractivity contribution < 1.29 is 14.3 Å². The van der Waals surface area contributed by atoms with Crippen LogP contribution in [0.4, 0.5) is 11.4 Å². The van der Waals surface area contributed by atoms with Gasteiger partial charge in [-0.3, -0.25) is 14.7 Å². The highest BCUT2D eigenvalue weighted by Crippen LogP contribution is 2.35. The van der Waals surface area contributed by atoms with Crippen LogP contribution < -0.4 is 15.0 Å². The zero-order chi connectivity index (χ0) is 18.1. The number of nitrogens with zero attached hydrogens (tertiary/aromatic N) is 2. The Morgan fingerprint density at radius 3 is 3.00 bits per heavy atom.